The molecule has 7 heteroatoms. The molecule has 0 saturated heterocycles. The maximum Gasteiger partial charge on any atom is 0.239 e. The number of unbranched alkanes of at least 4 members (excludes halogenated alkanes) is 22. The third-order valence-electron chi connectivity index (χ3n) is 8.94. The van der Waals surface area contributed by atoms with Gasteiger partial charge in [-0.2, -0.15) is 0 Å². The van der Waals surface area contributed by atoms with Gasteiger partial charge < -0.3 is 4.90 Å². The van der Waals surface area contributed by atoms with Crippen LogP contribution in [0.1, 0.15) is 175 Å². The third kappa shape index (κ3) is 27.6. The van der Waals surface area contributed by atoms with E-state index in [2.05, 4.69) is 23.6 Å². The third-order valence-corrected chi connectivity index (χ3v) is 8.94. The first-order valence-electron chi connectivity index (χ1n) is 19.0. The van der Waals surface area contributed by atoms with E-state index < -0.39 is 0 Å². The fourth-order valence-electron chi connectivity index (χ4n) is 6.01. The van der Waals surface area contributed by atoms with Gasteiger partial charge in [0.15, 0.2) is 0 Å². The molecule has 44 heavy (non-hydrogen) atoms. The summed E-state index contributed by atoms with van der Waals surface area (Å²) in [5, 5.41) is 0. The van der Waals surface area contributed by atoms with Crippen molar-refractivity contribution in [3.05, 3.63) is 0 Å². The number of hydrogen-bond acceptors (Lipinski definition) is 6. The lowest BCUT2D eigenvalue weighted by molar-refractivity contribution is -0.280. The van der Waals surface area contributed by atoms with Crippen LogP contribution in [-0.4, -0.2) is 75.4 Å². The molecule has 7 nitrogen and oxygen atoms in total. The Morgan fingerprint density at radius 3 is 1.07 bits per heavy atom. The maximum atomic E-state index is 13.8. The highest BCUT2D eigenvalue weighted by atomic mass is 17.2. The Bertz CT molecular complexity index is 542. The fraction of sp³-hybridized carbons (Fsp3) is 0.973. The van der Waals surface area contributed by atoms with Crippen LogP contribution < -0.4 is 0 Å². The average molecular weight is 629 g/mol. The van der Waals surface area contributed by atoms with Crippen LogP contribution in [0, 0.1) is 0 Å². The second-order valence-electron chi connectivity index (χ2n) is 12.8. The summed E-state index contributed by atoms with van der Waals surface area (Å²) in [7, 11) is 3.02. The van der Waals surface area contributed by atoms with E-state index in [-0.39, 0.29) is 11.9 Å². The van der Waals surface area contributed by atoms with Crippen molar-refractivity contribution in [1.82, 2.24) is 9.80 Å². The topological polar surface area (TPSA) is 60.5 Å². The molecule has 0 bridgehead atoms. The normalized spacial score (nSPS) is 12.3. The lowest BCUT2D eigenvalue weighted by Gasteiger charge is -2.32. The molecule has 0 aliphatic rings. The SMILES string of the molecule is CCCCCCCCCCCCCCN(CCCCCCCCCCCCCC)C(=O)C(C)N(CCOOC)CCOOC. The number of carbonyl (C=O) groups excluding carboxylic acids is 1. The molecule has 0 spiro atoms. The van der Waals surface area contributed by atoms with Crippen molar-refractivity contribution in [1.29, 1.82) is 0 Å². The second kappa shape index (κ2) is 35.1. The monoisotopic (exact) mass is 629 g/mol. The average Bonchev–Trinajstić information content (AvgIpc) is 3.03. The molecule has 0 aromatic rings. The molecule has 1 atom stereocenters. The van der Waals surface area contributed by atoms with Crippen molar-refractivity contribution in [2.75, 3.05) is 53.6 Å². The van der Waals surface area contributed by atoms with Gasteiger partial charge in [0.25, 0.3) is 0 Å². The highest BCUT2D eigenvalue weighted by Crippen LogP contribution is 2.15. The van der Waals surface area contributed by atoms with Crippen molar-refractivity contribution < 1.29 is 24.3 Å². The molecule has 1 unspecified atom stereocenters. The van der Waals surface area contributed by atoms with Gasteiger partial charge in [-0.1, -0.05) is 155 Å². The highest BCUT2D eigenvalue weighted by Gasteiger charge is 2.25. The second-order valence-corrected chi connectivity index (χ2v) is 12.8. The Labute approximate surface area is 274 Å². The fourth-order valence-corrected chi connectivity index (χ4v) is 6.01. The number of rotatable bonds is 36. The first-order valence-corrected chi connectivity index (χ1v) is 19.0. The number of amides is 1. The summed E-state index contributed by atoms with van der Waals surface area (Å²) in [6.07, 6.45) is 31.9. The smallest absolute Gasteiger partial charge is 0.239 e. The Kier molecular flexibility index (Phi) is 34.5. The van der Waals surface area contributed by atoms with Crippen LogP contribution in [-0.2, 0) is 24.3 Å². The predicted molar refractivity (Wildman–Crippen MR) is 186 cm³/mol. The summed E-state index contributed by atoms with van der Waals surface area (Å²) in [5.74, 6) is 0.214. The first-order chi connectivity index (χ1) is 21.6. The predicted octanol–water partition coefficient (Wildman–Crippen LogP) is 10.1. The Morgan fingerprint density at radius 2 is 0.773 bits per heavy atom. The van der Waals surface area contributed by atoms with E-state index in [0.717, 1.165) is 25.9 Å². The van der Waals surface area contributed by atoms with Crippen LogP contribution >= 0.6 is 0 Å². The largest absolute Gasteiger partial charge is 0.341 e. The molecule has 264 valence electrons. The zero-order chi connectivity index (χ0) is 32.4. The summed E-state index contributed by atoms with van der Waals surface area (Å²) >= 11 is 0. The lowest BCUT2D eigenvalue weighted by atomic mass is 10.0. The first kappa shape index (κ1) is 43.3. The van der Waals surface area contributed by atoms with Gasteiger partial charge in [-0.15, -0.1) is 0 Å². The van der Waals surface area contributed by atoms with Crippen molar-refractivity contribution in [3.63, 3.8) is 0 Å². The van der Waals surface area contributed by atoms with E-state index in [1.807, 2.05) is 6.92 Å². The quantitative estimate of drug-likeness (QED) is 0.0391. The molecule has 0 aliphatic heterocycles. The minimum absolute atomic E-state index is 0.214. The van der Waals surface area contributed by atoms with Gasteiger partial charge in [0, 0.05) is 26.2 Å². The van der Waals surface area contributed by atoms with Crippen LogP contribution in [0.3, 0.4) is 0 Å². The zero-order valence-electron chi connectivity index (χ0n) is 30.2. The summed E-state index contributed by atoms with van der Waals surface area (Å²) in [6, 6.07) is -0.245. The molecule has 0 aliphatic carbocycles. The molecule has 1 amide bonds. The van der Waals surface area contributed by atoms with Gasteiger partial charge in [0.2, 0.25) is 5.91 Å². The van der Waals surface area contributed by atoms with Gasteiger partial charge in [0.1, 0.15) is 0 Å². The molecule has 0 aromatic heterocycles. The zero-order valence-corrected chi connectivity index (χ0v) is 30.2. The van der Waals surface area contributed by atoms with Crippen molar-refractivity contribution in [3.8, 4) is 0 Å². The van der Waals surface area contributed by atoms with E-state index in [9.17, 15) is 4.79 Å². The van der Waals surface area contributed by atoms with E-state index >= 15 is 0 Å². The summed E-state index contributed by atoms with van der Waals surface area (Å²) in [5.41, 5.74) is 0. The summed E-state index contributed by atoms with van der Waals surface area (Å²) < 4.78 is 0. The van der Waals surface area contributed by atoms with Crippen molar-refractivity contribution in [2.24, 2.45) is 0 Å². The van der Waals surface area contributed by atoms with Gasteiger partial charge in [-0.05, 0) is 19.8 Å². The molecule has 0 saturated carbocycles. The van der Waals surface area contributed by atoms with Crippen LogP contribution in [0.25, 0.3) is 0 Å². The lowest BCUT2D eigenvalue weighted by Crippen LogP contribution is -2.49. The Balaban J connectivity index is 4.58. The maximum absolute atomic E-state index is 13.8. The van der Waals surface area contributed by atoms with Crippen molar-refractivity contribution in [2.45, 2.75) is 181 Å². The van der Waals surface area contributed by atoms with E-state index in [0.29, 0.717) is 26.3 Å². The molecule has 0 heterocycles. The van der Waals surface area contributed by atoms with Crippen LogP contribution in [0.5, 0.6) is 0 Å². The Morgan fingerprint density at radius 1 is 0.477 bits per heavy atom. The molecule has 0 N–H and O–H groups in total. The van der Waals surface area contributed by atoms with Gasteiger partial charge in [0.05, 0.1) is 33.5 Å². The van der Waals surface area contributed by atoms with Crippen LogP contribution in [0.15, 0.2) is 0 Å². The molecule has 0 rings (SSSR count). The van der Waals surface area contributed by atoms with Gasteiger partial charge in [-0.25, -0.2) is 19.6 Å². The number of hydrogen-bond donors (Lipinski definition) is 0. The van der Waals surface area contributed by atoms with Gasteiger partial charge in [-0.3, -0.25) is 9.69 Å². The van der Waals surface area contributed by atoms with Crippen LogP contribution in [0.4, 0.5) is 0 Å². The highest BCUT2D eigenvalue weighted by molar-refractivity contribution is 5.81. The molecule has 0 radical (unpaired) electrons. The van der Waals surface area contributed by atoms with Crippen molar-refractivity contribution >= 4 is 5.91 Å². The van der Waals surface area contributed by atoms with E-state index in [1.165, 1.54) is 155 Å². The molecular formula is C37H76N2O5. The van der Waals surface area contributed by atoms with Gasteiger partial charge >= 0.3 is 0 Å². The molecule has 0 aromatic carbocycles. The minimum atomic E-state index is -0.245. The molecular weight excluding hydrogens is 552 g/mol. The van der Waals surface area contributed by atoms with E-state index in [1.54, 1.807) is 0 Å². The molecule has 0 fully saturated rings. The summed E-state index contributed by atoms with van der Waals surface area (Å²) in [4.78, 5) is 37.8. The minimum Gasteiger partial charge on any atom is -0.341 e. The van der Waals surface area contributed by atoms with Crippen LogP contribution in [0.2, 0.25) is 0 Å². The Hall–Kier alpha value is -0.730. The standard InChI is InChI=1S/C37H76N2O5/c1-6-8-10-12-14-16-18-20-22-24-26-28-30-39(31-29-27-25-23-21-19-17-15-13-11-9-7-2)37(40)36(3)38(32-34-43-41-4)33-35-44-42-5/h36H,6-35H2,1-5H3. The van der Waals surface area contributed by atoms with E-state index in [4.69, 9.17) is 19.6 Å². The number of carbonyl (C=O) groups is 1. The number of nitrogens with zero attached hydrogens (tertiary/aromatic N) is 2. The summed E-state index contributed by atoms with van der Waals surface area (Å²) in [6.45, 7) is 10.3.